The second-order valence-corrected chi connectivity index (χ2v) is 11.5. The molecule has 7 nitrogen and oxygen atoms in total. The Morgan fingerprint density at radius 3 is 2.42 bits per heavy atom. The summed E-state index contributed by atoms with van der Waals surface area (Å²) < 4.78 is 36.5. The normalized spacial score (nSPS) is 11.7. The fourth-order valence-electron chi connectivity index (χ4n) is 2.61. The summed E-state index contributed by atoms with van der Waals surface area (Å²) in [6.07, 6.45) is 1.83. The van der Waals surface area contributed by atoms with Gasteiger partial charge in [-0.3, -0.25) is 4.79 Å². The van der Waals surface area contributed by atoms with E-state index in [9.17, 15) is 13.2 Å². The second kappa shape index (κ2) is 11.8. The van der Waals surface area contributed by atoms with Crippen LogP contribution < -0.4 is 15.2 Å². The molecule has 2 aromatic rings. The number of carbonyl (C=O) groups is 1. The van der Waals surface area contributed by atoms with E-state index < -0.39 is 15.4 Å². The Kier molecular flexibility index (Phi) is 9.71. The Balaban J connectivity index is 2.40. The number of nitrogens with two attached hydrogens (primary N) is 1. The SMILES string of the molecule is CCCCNc1cc(C(=S)SCOC(=O)C(C)(C)C)cc(S(N)(=O)=O)c1Oc1ccccc1. The van der Waals surface area contributed by atoms with Crippen LogP contribution in [0.2, 0.25) is 0 Å². The lowest BCUT2D eigenvalue weighted by Crippen LogP contribution is -2.23. The van der Waals surface area contributed by atoms with E-state index >= 15 is 0 Å². The van der Waals surface area contributed by atoms with Gasteiger partial charge in [-0.1, -0.05) is 55.5 Å². The number of carbonyl (C=O) groups excluding carboxylic acids is 1. The number of esters is 1. The quantitative estimate of drug-likeness (QED) is 0.192. The molecule has 0 saturated heterocycles. The van der Waals surface area contributed by atoms with Crippen LogP contribution >= 0.6 is 24.0 Å². The Morgan fingerprint density at radius 2 is 1.85 bits per heavy atom. The van der Waals surface area contributed by atoms with Crippen LogP contribution in [0, 0.1) is 5.41 Å². The third-order valence-electron chi connectivity index (χ3n) is 4.40. The highest BCUT2D eigenvalue weighted by Gasteiger charge is 2.25. The lowest BCUT2D eigenvalue weighted by Gasteiger charge is -2.19. The molecule has 0 bridgehead atoms. The molecule has 3 N–H and O–H groups in total. The molecular formula is C23H30N2O5S3. The molecule has 0 aliphatic rings. The molecule has 10 heteroatoms. The van der Waals surface area contributed by atoms with Gasteiger partial charge in [0.2, 0.25) is 10.0 Å². The van der Waals surface area contributed by atoms with Gasteiger partial charge in [-0.2, -0.15) is 0 Å². The lowest BCUT2D eigenvalue weighted by atomic mass is 9.98. The number of rotatable bonds is 10. The van der Waals surface area contributed by atoms with Gasteiger partial charge in [0, 0.05) is 12.1 Å². The average molecular weight is 511 g/mol. The first kappa shape index (κ1) is 27.1. The van der Waals surface area contributed by atoms with Crippen LogP contribution in [0.25, 0.3) is 0 Å². The van der Waals surface area contributed by atoms with Crippen molar-refractivity contribution in [2.45, 2.75) is 45.4 Å². The Hall–Kier alpha value is -2.14. The van der Waals surface area contributed by atoms with Gasteiger partial charge in [0.25, 0.3) is 0 Å². The monoisotopic (exact) mass is 510 g/mol. The molecule has 2 rings (SSSR count). The van der Waals surface area contributed by atoms with Crippen molar-refractivity contribution in [2.24, 2.45) is 10.6 Å². The first-order chi connectivity index (χ1) is 15.4. The highest BCUT2D eigenvalue weighted by atomic mass is 32.2. The smallest absolute Gasteiger partial charge is 0.312 e. The third kappa shape index (κ3) is 8.29. The summed E-state index contributed by atoms with van der Waals surface area (Å²) >= 11 is 6.61. The summed E-state index contributed by atoms with van der Waals surface area (Å²) in [6, 6.07) is 12.0. The molecule has 0 saturated carbocycles. The van der Waals surface area contributed by atoms with Crippen LogP contribution in [-0.2, 0) is 19.6 Å². The van der Waals surface area contributed by atoms with Gasteiger partial charge in [0.05, 0.1) is 15.3 Å². The first-order valence-electron chi connectivity index (χ1n) is 10.5. The Morgan fingerprint density at radius 1 is 1.18 bits per heavy atom. The summed E-state index contributed by atoms with van der Waals surface area (Å²) in [5, 5.41) is 8.77. The van der Waals surface area contributed by atoms with Crippen LogP contribution in [0.15, 0.2) is 47.4 Å². The van der Waals surface area contributed by atoms with Gasteiger partial charge in [-0.25, -0.2) is 13.6 Å². The number of sulfonamides is 1. The number of hydrogen-bond acceptors (Lipinski definition) is 8. The van der Waals surface area contributed by atoms with Crippen LogP contribution in [0.4, 0.5) is 5.69 Å². The summed E-state index contributed by atoms with van der Waals surface area (Å²) in [6.45, 7) is 7.95. The number of benzene rings is 2. The first-order valence-corrected chi connectivity index (χ1v) is 13.4. The molecule has 0 amide bonds. The molecule has 0 aliphatic heterocycles. The fourth-order valence-corrected chi connectivity index (χ4v) is 4.13. The van der Waals surface area contributed by atoms with Gasteiger partial charge in [0.1, 0.15) is 16.6 Å². The van der Waals surface area contributed by atoms with E-state index in [-0.39, 0.29) is 22.6 Å². The molecule has 0 atom stereocenters. The van der Waals surface area contributed by atoms with E-state index in [0.717, 1.165) is 24.6 Å². The number of anilines is 1. The largest absolute Gasteiger partial charge is 0.454 e. The van der Waals surface area contributed by atoms with Crippen molar-refractivity contribution >= 4 is 49.9 Å². The maximum atomic E-state index is 12.5. The molecule has 0 unspecified atom stereocenters. The highest BCUT2D eigenvalue weighted by molar-refractivity contribution is 8.23. The molecule has 0 heterocycles. The number of hydrogen-bond donors (Lipinski definition) is 2. The average Bonchev–Trinajstić information content (AvgIpc) is 2.73. The zero-order valence-corrected chi connectivity index (χ0v) is 21.7. The molecule has 2 aromatic carbocycles. The maximum Gasteiger partial charge on any atom is 0.312 e. The summed E-state index contributed by atoms with van der Waals surface area (Å²) in [5.41, 5.74) is 0.296. The van der Waals surface area contributed by atoms with Gasteiger partial charge >= 0.3 is 5.97 Å². The third-order valence-corrected chi connectivity index (χ3v) is 6.64. The Labute approximate surface area is 205 Å². The predicted octanol–water partition coefficient (Wildman–Crippen LogP) is 5.29. The van der Waals surface area contributed by atoms with E-state index in [1.165, 1.54) is 6.07 Å². The van der Waals surface area contributed by atoms with Crippen molar-refractivity contribution in [3.8, 4) is 11.5 Å². The number of thiocarbonyl (C=S) groups is 1. The molecule has 180 valence electrons. The van der Waals surface area contributed by atoms with Crippen LogP contribution in [0.5, 0.6) is 11.5 Å². The number of primary sulfonamides is 1. The minimum atomic E-state index is -4.14. The van der Waals surface area contributed by atoms with Crippen molar-refractivity contribution in [3.05, 3.63) is 48.0 Å². The molecule has 0 spiro atoms. The number of ether oxygens (including phenoxy) is 2. The van der Waals surface area contributed by atoms with E-state index in [1.807, 2.05) is 6.07 Å². The van der Waals surface area contributed by atoms with Crippen LogP contribution in [0.3, 0.4) is 0 Å². The maximum absolute atomic E-state index is 12.5. The standard InChI is InChI=1S/C23H30N2O5S3/c1-5-6-12-25-18-13-16(21(31)32-15-29-22(26)23(2,3)4)14-19(33(24,27)28)20(18)30-17-10-8-7-9-11-17/h7-11,13-14,25H,5-6,12,15H2,1-4H3,(H2,24,27,28). The van der Waals surface area contributed by atoms with Crippen molar-refractivity contribution in [1.29, 1.82) is 0 Å². The van der Waals surface area contributed by atoms with E-state index in [0.29, 0.717) is 27.7 Å². The fraction of sp³-hybridized carbons (Fsp3) is 0.391. The van der Waals surface area contributed by atoms with E-state index in [4.69, 9.17) is 26.8 Å². The number of unbranched alkanes of at least 4 members (excludes halogenated alkanes) is 1. The molecule has 33 heavy (non-hydrogen) atoms. The van der Waals surface area contributed by atoms with Gasteiger partial charge in [0.15, 0.2) is 5.75 Å². The van der Waals surface area contributed by atoms with Crippen molar-refractivity contribution in [1.82, 2.24) is 0 Å². The molecule has 0 fully saturated rings. The zero-order valence-electron chi connectivity index (χ0n) is 19.2. The topological polar surface area (TPSA) is 108 Å². The van der Waals surface area contributed by atoms with Crippen molar-refractivity contribution in [2.75, 3.05) is 17.8 Å². The zero-order chi connectivity index (χ0) is 24.6. The van der Waals surface area contributed by atoms with Crippen LogP contribution in [0.1, 0.15) is 46.1 Å². The minimum absolute atomic E-state index is 0.0144. The summed E-state index contributed by atoms with van der Waals surface area (Å²) in [4.78, 5) is 11.8. The summed E-state index contributed by atoms with van der Waals surface area (Å²) in [7, 11) is -4.14. The molecule has 0 aromatic heterocycles. The van der Waals surface area contributed by atoms with Crippen molar-refractivity contribution in [3.63, 3.8) is 0 Å². The van der Waals surface area contributed by atoms with Gasteiger partial charge in [-0.15, -0.1) is 0 Å². The molecular weight excluding hydrogens is 480 g/mol. The minimum Gasteiger partial charge on any atom is -0.454 e. The second-order valence-electron chi connectivity index (χ2n) is 8.32. The van der Waals surface area contributed by atoms with E-state index in [2.05, 4.69) is 12.2 Å². The lowest BCUT2D eigenvalue weighted by molar-refractivity contribution is -0.150. The van der Waals surface area contributed by atoms with Crippen molar-refractivity contribution < 1.29 is 22.7 Å². The number of nitrogens with one attached hydrogen (secondary N) is 1. The molecule has 0 radical (unpaired) electrons. The van der Waals surface area contributed by atoms with Crippen LogP contribution in [-0.4, -0.2) is 31.1 Å². The van der Waals surface area contributed by atoms with Gasteiger partial charge in [-0.05, 0) is 51.5 Å². The van der Waals surface area contributed by atoms with E-state index in [1.54, 1.807) is 51.1 Å². The molecule has 0 aliphatic carbocycles. The predicted molar refractivity (Wildman–Crippen MR) is 137 cm³/mol. The Bertz CT molecular complexity index is 1080. The summed E-state index contributed by atoms with van der Waals surface area (Å²) in [5.74, 6) is 0.243. The number of para-hydroxylation sites is 1. The van der Waals surface area contributed by atoms with Gasteiger partial charge < -0.3 is 14.8 Å². The highest BCUT2D eigenvalue weighted by Crippen LogP contribution is 2.38. The number of thioether (sulfide) groups is 1.